The van der Waals surface area contributed by atoms with Crippen molar-refractivity contribution in [2.24, 2.45) is 5.73 Å². The van der Waals surface area contributed by atoms with Crippen molar-refractivity contribution in [3.63, 3.8) is 0 Å². The minimum atomic E-state index is -0.275. The third-order valence-corrected chi connectivity index (χ3v) is 3.60. The highest BCUT2D eigenvalue weighted by molar-refractivity contribution is 5.78. The van der Waals surface area contributed by atoms with E-state index in [0.29, 0.717) is 23.1 Å². The average molecular weight is 282 g/mol. The molecule has 0 spiro atoms. The Kier molecular flexibility index (Phi) is 3.54. The molecule has 0 aliphatic rings. The Hall–Kier alpha value is -2.46. The maximum absolute atomic E-state index is 14.3. The maximum Gasteiger partial charge on any atom is 0.189 e. The molecule has 1 heterocycles. The Bertz CT molecular complexity index is 855. The van der Waals surface area contributed by atoms with Crippen molar-refractivity contribution in [2.45, 2.75) is 13.1 Å². The summed E-state index contributed by atoms with van der Waals surface area (Å²) in [7, 11) is 0. The molecule has 0 bridgehead atoms. The number of nitrogens with two attached hydrogens (primary N) is 1. The number of hydrogen-bond acceptors (Lipinski definition) is 2. The van der Waals surface area contributed by atoms with Crippen LogP contribution in [0.25, 0.3) is 10.9 Å². The summed E-state index contributed by atoms with van der Waals surface area (Å²) in [6.07, 6.45) is 1.69. The summed E-state index contributed by atoms with van der Waals surface area (Å²) in [4.78, 5) is 11.8. The highest BCUT2D eigenvalue weighted by Gasteiger charge is 2.09. The van der Waals surface area contributed by atoms with Gasteiger partial charge in [-0.2, -0.15) is 0 Å². The van der Waals surface area contributed by atoms with E-state index in [1.54, 1.807) is 30.5 Å². The smallest absolute Gasteiger partial charge is 0.189 e. The van der Waals surface area contributed by atoms with Gasteiger partial charge in [-0.1, -0.05) is 30.3 Å². The van der Waals surface area contributed by atoms with Crippen molar-refractivity contribution in [2.75, 3.05) is 0 Å². The topological polar surface area (TPSA) is 48.0 Å². The number of para-hydroxylation sites is 1. The van der Waals surface area contributed by atoms with Crippen molar-refractivity contribution in [3.05, 3.63) is 81.9 Å². The monoisotopic (exact) mass is 282 g/mol. The molecule has 0 unspecified atom stereocenters. The predicted octanol–water partition coefficient (Wildman–Crippen LogP) is 2.65. The van der Waals surface area contributed by atoms with E-state index >= 15 is 0 Å². The first-order valence-electron chi connectivity index (χ1n) is 6.75. The Morgan fingerprint density at radius 2 is 1.76 bits per heavy atom. The molecule has 0 aliphatic heterocycles. The van der Waals surface area contributed by atoms with E-state index in [1.807, 2.05) is 22.8 Å². The first kappa shape index (κ1) is 13.5. The van der Waals surface area contributed by atoms with Crippen LogP contribution in [0.3, 0.4) is 0 Å². The molecule has 1 aromatic heterocycles. The van der Waals surface area contributed by atoms with E-state index < -0.39 is 0 Å². The number of fused-ring (bicyclic) bond motifs is 1. The van der Waals surface area contributed by atoms with E-state index in [0.717, 1.165) is 5.52 Å². The number of pyridine rings is 1. The molecule has 0 saturated heterocycles. The van der Waals surface area contributed by atoms with Crippen molar-refractivity contribution in [1.82, 2.24) is 4.57 Å². The Balaban J connectivity index is 2.11. The molecule has 2 N–H and O–H groups in total. The quantitative estimate of drug-likeness (QED) is 0.803. The molecule has 0 aliphatic carbocycles. The molecular formula is C17H15FN2O. The molecule has 106 valence electrons. The first-order valence-corrected chi connectivity index (χ1v) is 6.75. The average Bonchev–Trinajstić information content (AvgIpc) is 2.52. The van der Waals surface area contributed by atoms with E-state index in [9.17, 15) is 9.18 Å². The number of nitrogens with zero attached hydrogens (tertiary/aromatic N) is 1. The zero-order valence-electron chi connectivity index (χ0n) is 11.4. The highest BCUT2D eigenvalue weighted by atomic mass is 19.1. The fourth-order valence-corrected chi connectivity index (χ4v) is 2.49. The Morgan fingerprint density at radius 3 is 2.57 bits per heavy atom. The third-order valence-electron chi connectivity index (χ3n) is 3.60. The van der Waals surface area contributed by atoms with Crippen molar-refractivity contribution in [1.29, 1.82) is 0 Å². The summed E-state index contributed by atoms with van der Waals surface area (Å²) >= 11 is 0. The zero-order chi connectivity index (χ0) is 14.8. The molecule has 3 rings (SSSR count). The van der Waals surface area contributed by atoms with Gasteiger partial charge in [-0.15, -0.1) is 0 Å². The van der Waals surface area contributed by atoms with E-state index in [4.69, 9.17) is 5.73 Å². The molecule has 2 aromatic carbocycles. The number of halogens is 1. The van der Waals surface area contributed by atoms with Gasteiger partial charge in [-0.3, -0.25) is 4.79 Å². The summed E-state index contributed by atoms with van der Waals surface area (Å²) < 4.78 is 16.2. The van der Waals surface area contributed by atoms with Gasteiger partial charge in [-0.25, -0.2) is 4.39 Å². The van der Waals surface area contributed by atoms with Gasteiger partial charge in [0, 0.05) is 35.3 Å². The summed E-state index contributed by atoms with van der Waals surface area (Å²) in [6, 6.07) is 14.1. The molecule has 0 atom stereocenters. The molecule has 3 nitrogen and oxygen atoms in total. The van der Waals surface area contributed by atoms with E-state index in [1.165, 1.54) is 6.07 Å². The number of rotatable bonds is 3. The van der Waals surface area contributed by atoms with Crippen LogP contribution < -0.4 is 11.2 Å². The summed E-state index contributed by atoms with van der Waals surface area (Å²) in [5.41, 5.74) is 7.36. The van der Waals surface area contributed by atoms with Crippen LogP contribution in [-0.4, -0.2) is 4.57 Å². The predicted molar refractivity (Wildman–Crippen MR) is 81.6 cm³/mol. The summed E-state index contributed by atoms with van der Waals surface area (Å²) in [5, 5.41) is 0.635. The standard InChI is InChI=1S/C17H15FN2O/c18-17-12(10-19)4-3-5-13(17)11-20-9-8-16(21)14-6-1-2-7-15(14)20/h1-9H,10-11,19H2. The van der Waals surface area contributed by atoms with Gasteiger partial charge in [0.2, 0.25) is 0 Å². The van der Waals surface area contributed by atoms with Crippen LogP contribution in [-0.2, 0) is 13.1 Å². The fourth-order valence-electron chi connectivity index (χ4n) is 2.49. The molecule has 0 amide bonds. The minimum Gasteiger partial charge on any atom is -0.343 e. The summed E-state index contributed by atoms with van der Waals surface area (Å²) in [6.45, 7) is 0.533. The largest absolute Gasteiger partial charge is 0.343 e. The second-order valence-corrected chi connectivity index (χ2v) is 4.92. The lowest BCUT2D eigenvalue weighted by Crippen LogP contribution is -2.10. The fraction of sp³-hybridized carbons (Fsp3) is 0.118. The molecule has 3 aromatic rings. The molecule has 0 fully saturated rings. The van der Waals surface area contributed by atoms with Crippen LogP contribution in [0.15, 0.2) is 59.5 Å². The maximum atomic E-state index is 14.3. The number of hydrogen-bond donors (Lipinski definition) is 1. The molecule has 0 radical (unpaired) electrons. The van der Waals surface area contributed by atoms with Gasteiger partial charge < -0.3 is 10.3 Å². The van der Waals surface area contributed by atoms with Gasteiger partial charge >= 0.3 is 0 Å². The van der Waals surface area contributed by atoms with Crippen LogP contribution in [0.4, 0.5) is 4.39 Å². The van der Waals surface area contributed by atoms with Gasteiger partial charge in [0.25, 0.3) is 0 Å². The lowest BCUT2D eigenvalue weighted by Gasteiger charge is -2.12. The van der Waals surface area contributed by atoms with Crippen molar-refractivity contribution < 1.29 is 4.39 Å². The van der Waals surface area contributed by atoms with Gasteiger partial charge in [0.05, 0.1) is 12.1 Å². The van der Waals surface area contributed by atoms with Crippen LogP contribution >= 0.6 is 0 Å². The van der Waals surface area contributed by atoms with Gasteiger partial charge in [0.1, 0.15) is 5.82 Å². The molecule has 21 heavy (non-hydrogen) atoms. The normalized spacial score (nSPS) is 11.0. The van der Waals surface area contributed by atoms with E-state index in [-0.39, 0.29) is 17.8 Å². The van der Waals surface area contributed by atoms with Crippen LogP contribution in [0.2, 0.25) is 0 Å². The Morgan fingerprint density at radius 1 is 1.00 bits per heavy atom. The molecule has 4 heteroatoms. The third kappa shape index (κ3) is 2.45. The number of benzene rings is 2. The first-order chi connectivity index (χ1) is 10.2. The van der Waals surface area contributed by atoms with Crippen molar-refractivity contribution >= 4 is 10.9 Å². The minimum absolute atomic E-state index is 0.0296. The van der Waals surface area contributed by atoms with Gasteiger partial charge in [-0.05, 0) is 12.1 Å². The van der Waals surface area contributed by atoms with Crippen LogP contribution in [0.5, 0.6) is 0 Å². The van der Waals surface area contributed by atoms with Gasteiger partial charge in [0.15, 0.2) is 5.43 Å². The lowest BCUT2D eigenvalue weighted by molar-refractivity contribution is 0.586. The summed E-state index contributed by atoms with van der Waals surface area (Å²) in [5.74, 6) is -0.275. The van der Waals surface area contributed by atoms with Crippen LogP contribution in [0.1, 0.15) is 11.1 Å². The van der Waals surface area contributed by atoms with Crippen LogP contribution in [0, 0.1) is 5.82 Å². The number of aromatic nitrogens is 1. The molecule has 0 saturated carbocycles. The van der Waals surface area contributed by atoms with E-state index in [2.05, 4.69) is 0 Å². The molecular weight excluding hydrogens is 267 g/mol. The SMILES string of the molecule is NCc1cccc(Cn2ccc(=O)c3ccccc32)c1F. The zero-order valence-corrected chi connectivity index (χ0v) is 11.4. The second-order valence-electron chi connectivity index (χ2n) is 4.92. The highest BCUT2D eigenvalue weighted by Crippen LogP contribution is 2.16. The lowest BCUT2D eigenvalue weighted by atomic mass is 10.1. The Labute approximate surface area is 121 Å². The van der Waals surface area contributed by atoms with Crippen molar-refractivity contribution in [3.8, 4) is 0 Å². The second kappa shape index (κ2) is 5.50.